The summed E-state index contributed by atoms with van der Waals surface area (Å²) in [6, 6.07) is 2.82. The van der Waals surface area contributed by atoms with Crippen molar-refractivity contribution in [2.75, 3.05) is 19.7 Å². The summed E-state index contributed by atoms with van der Waals surface area (Å²) in [4.78, 5) is 28.4. The van der Waals surface area contributed by atoms with E-state index in [0.717, 1.165) is 12.8 Å². The molecule has 1 aliphatic heterocycles. The predicted molar refractivity (Wildman–Crippen MR) is 66.9 cm³/mol. The maximum atomic E-state index is 12.2. The van der Waals surface area contributed by atoms with Gasteiger partial charge in [0, 0.05) is 31.5 Å². The van der Waals surface area contributed by atoms with Crippen LogP contribution in [0.1, 0.15) is 33.7 Å². The van der Waals surface area contributed by atoms with Gasteiger partial charge >= 0.3 is 5.97 Å². The predicted octanol–water partition coefficient (Wildman–Crippen LogP) is 0.624. The molecular formula is C13H16N2O4. The van der Waals surface area contributed by atoms with Crippen molar-refractivity contribution in [3.63, 3.8) is 0 Å². The number of hydrogen-bond donors (Lipinski definition) is 2. The lowest BCUT2D eigenvalue weighted by Gasteiger charge is -2.31. The van der Waals surface area contributed by atoms with Crippen LogP contribution in [0.25, 0.3) is 0 Å². The third-order valence-electron chi connectivity index (χ3n) is 3.39. The number of carboxylic acid groups (broad SMARTS) is 1. The molecule has 2 heterocycles. The number of piperidine rings is 1. The highest BCUT2D eigenvalue weighted by molar-refractivity contribution is 5.96. The molecule has 0 atom stereocenters. The molecule has 1 amide bonds. The van der Waals surface area contributed by atoms with Gasteiger partial charge in [0.2, 0.25) is 0 Å². The van der Waals surface area contributed by atoms with E-state index < -0.39 is 5.97 Å². The summed E-state index contributed by atoms with van der Waals surface area (Å²) >= 11 is 0. The van der Waals surface area contributed by atoms with Crippen LogP contribution in [-0.2, 0) is 0 Å². The zero-order valence-electron chi connectivity index (χ0n) is 10.5. The Morgan fingerprint density at radius 1 is 1.37 bits per heavy atom. The molecule has 0 radical (unpaired) electrons. The van der Waals surface area contributed by atoms with Gasteiger partial charge in [-0.15, -0.1) is 0 Å². The molecule has 1 saturated heterocycles. The summed E-state index contributed by atoms with van der Waals surface area (Å²) in [7, 11) is 0. The van der Waals surface area contributed by atoms with Crippen molar-refractivity contribution in [3.8, 4) is 0 Å². The number of aliphatic hydroxyl groups excluding tert-OH is 1. The van der Waals surface area contributed by atoms with Crippen molar-refractivity contribution in [1.29, 1.82) is 0 Å². The van der Waals surface area contributed by atoms with E-state index in [0.29, 0.717) is 18.7 Å². The van der Waals surface area contributed by atoms with Crippen LogP contribution in [0.3, 0.4) is 0 Å². The Labute approximate surface area is 110 Å². The Kier molecular flexibility index (Phi) is 4.11. The Bertz CT molecular complexity index is 481. The number of aliphatic hydroxyl groups is 1. The smallest absolute Gasteiger partial charge is 0.354 e. The number of rotatable bonds is 3. The van der Waals surface area contributed by atoms with Crippen molar-refractivity contribution in [2.24, 2.45) is 5.92 Å². The highest BCUT2D eigenvalue weighted by Crippen LogP contribution is 2.18. The molecule has 6 nitrogen and oxygen atoms in total. The first-order valence-electron chi connectivity index (χ1n) is 6.21. The van der Waals surface area contributed by atoms with E-state index in [1.807, 2.05) is 0 Å². The van der Waals surface area contributed by atoms with Gasteiger partial charge in [0.1, 0.15) is 5.69 Å². The summed E-state index contributed by atoms with van der Waals surface area (Å²) in [6.45, 7) is 1.34. The van der Waals surface area contributed by atoms with Crippen molar-refractivity contribution < 1.29 is 19.8 Å². The van der Waals surface area contributed by atoms with E-state index in [1.165, 1.54) is 18.3 Å². The third kappa shape index (κ3) is 3.08. The molecule has 1 aromatic rings. The van der Waals surface area contributed by atoms with Crippen LogP contribution in [0.15, 0.2) is 18.3 Å². The highest BCUT2D eigenvalue weighted by atomic mass is 16.4. The van der Waals surface area contributed by atoms with Crippen molar-refractivity contribution in [2.45, 2.75) is 12.8 Å². The summed E-state index contributed by atoms with van der Waals surface area (Å²) < 4.78 is 0. The lowest BCUT2D eigenvalue weighted by atomic mass is 9.97. The number of hydrogen-bond acceptors (Lipinski definition) is 4. The first kappa shape index (κ1) is 13.5. The largest absolute Gasteiger partial charge is 0.477 e. The van der Waals surface area contributed by atoms with Crippen LogP contribution in [0, 0.1) is 5.92 Å². The number of carbonyl (C=O) groups is 2. The van der Waals surface area contributed by atoms with Gasteiger partial charge in [-0.1, -0.05) is 0 Å². The number of likely N-dealkylation sites (tertiary alicyclic amines) is 1. The van der Waals surface area contributed by atoms with Crippen LogP contribution in [0.2, 0.25) is 0 Å². The first-order valence-corrected chi connectivity index (χ1v) is 6.21. The molecule has 19 heavy (non-hydrogen) atoms. The van der Waals surface area contributed by atoms with E-state index in [4.69, 9.17) is 10.2 Å². The molecule has 1 fully saturated rings. The molecule has 102 valence electrons. The van der Waals surface area contributed by atoms with Gasteiger partial charge in [-0.25, -0.2) is 9.78 Å². The average Bonchev–Trinajstić information content (AvgIpc) is 2.46. The van der Waals surface area contributed by atoms with Gasteiger partial charge in [0.25, 0.3) is 5.91 Å². The Balaban J connectivity index is 2.08. The Morgan fingerprint density at radius 3 is 2.63 bits per heavy atom. The van der Waals surface area contributed by atoms with Gasteiger partial charge in [0.15, 0.2) is 0 Å². The van der Waals surface area contributed by atoms with Gasteiger partial charge in [0.05, 0.1) is 0 Å². The summed E-state index contributed by atoms with van der Waals surface area (Å²) in [5.41, 5.74) is 0.214. The maximum absolute atomic E-state index is 12.2. The van der Waals surface area contributed by atoms with Crippen LogP contribution >= 0.6 is 0 Å². The van der Waals surface area contributed by atoms with E-state index >= 15 is 0 Å². The van der Waals surface area contributed by atoms with Crippen molar-refractivity contribution in [3.05, 3.63) is 29.6 Å². The molecule has 2 rings (SSSR count). The van der Waals surface area contributed by atoms with E-state index in [2.05, 4.69) is 4.98 Å². The zero-order valence-corrected chi connectivity index (χ0v) is 10.5. The normalized spacial score (nSPS) is 16.4. The van der Waals surface area contributed by atoms with E-state index in [1.54, 1.807) is 4.90 Å². The van der Waals surface area contributed by atoms with Gasteiger partial charge in [-0.05, 0) is 30.9 Å². The lowest BCUT2D eigenvalue weighted by molar-refractivity contribution is 0.0650. The second-order valence-electron chi connectivity index (χ2n) is 4.65. The fraction of sp³-hybridized carbons (Fsp3) is 0.462. The minimum Gasteiger partial charge on any atom is -0.477 e. The second-order valence-corrected chi connectivity index (χ2v) is 4.65. The molecule has 0 aromatic carbocycles. The zero-order chi connectivity index (χ0) is 13.8. The molecule has 0 saturated carbocycles. The monoisotopic (exact) mass is 264 g/mol. The molecular weight excluding hydrogens is 248 g/mol. The number of amides is 1. The molecule has 0 unspecified atom stereocenters. The average molecular weight is 264 g/mol. The van der Waals surface area contributed by atoms with Crippen molar-refractivity contribution in [1.82, 2.24) is 9.88 Å². The second kappa shape index (κ2) is 5.79. The fourth-order valence-electron chi connectivity index (χ4n) is 2.18. The molecule has 0 bridgehead atoms. The van der Waals surface area contributed by atoms with Gasteiger partial charge in [-0.2, -0.15) is 0 Å². The quantitative estimate of drug-likeness (QED) is 0.835. The fourth-order valence-corrected chi connectivity index (χ4v) is 2.18. The number of carboxylic acids is 1. The first-order chi connectivity index (χ1) is 9.11. The molecule has 0 aliphatic carbocycles. The number of aromatic nitrogens is 1. The molecule has 1 aliphatic rings. The van der Waals surface area contributed by atoms with Gasteiger partial charge < -0.3 is 15.1 Å². The summed E-state index contributed by atoms with van der Waals surface area (Å²) in [5, 5.41) is 17.9. The number of pyridine rings is 1. The third-order valence-corrected chi connectivity index (χ3v) is 3.39. The standard InChI is InChI=1S/C13H16N2O4/c16-8-9-2-5-15(6-3-9)12(17)10-1-4-14-11(7-10)13(18)19/h1,4,7,9,16H,2-3,5-6,8H2,(H,18,19). The maximum Gasteiger partial charge on any atom is 0.354 e. The van der Waals surface area contributed by atoms with Crippen LogP contribution in [0.5, 0.6) is 0 Å². The van der Waals surface area contributed by atoms with Crippen LogP contribution in [0.4, 0.5) is 0 Å². The van der Waals surface area contributed by atoms with E-state index in [9.17, 15) is 9.59 Å². The SMILES string of the molecule is O=C(O)c1cc(C(=O)N2CCC(CO)CC2)ccn1. The van der Waals surface area contributed by atoms with Crippen molar-refractivity contribution >= 4 is 11.9 Å². The number of aromatic carboxylic acids is 1. The number of carbonyl (C=O) groups excluding carboxylic acids is 1. The lowest BCUT2D eigenvalue weighted by Crippen LogP contribution is -2.39. The molecule has 2 N–H and O–H groups in total. The molecule has 6 heteroatoms. The minimum absolute atomic E-state index is 0.129. The Morgan fingerprint density at radius 2 is 2.05 bits per heavy atom. The Hall–Kier alpha value is -1.95. The highest BCUT2D eigenvalue weighted by Gasteiger charge is 2.23. The van der Waals surface area contributed by atoms with Gasteiger partial charge in [-0.3, -0.25) is 4.79 Å². The van der Waals surface area contributed by atoms with Crippen LogP contribution < -0.4 is 0 Å². The summed E-state index contributed by atoms with van der Waals surface area (Å²) in [5.74, 6) is -1.06. The summed E-state index contributed by atoms with van der Waals surface area (Å²) in [6.07, 6.45) is 2.88. The van der Waals surface area contributed by atoms with Crippen LogP contribution in [-0.4, -0.2) is 51.7 Å². The molecule has 0 spiro atoms. The topological polar surface area (TPSA) is 90.7 Å². The van der Waals surface area contributed by atoms with E-state index in [-0.39, 0.29) is 24.1 Å². The number of nitrogens with zero attached hydrogens (tertiary/aromatic N) is 2. The minimum atomic E-state index is -1.14. The molecule has 1 aromatic heterocycles.